The third kappa shape index (κ3) is 8.73. The standard InChI is InChI=1S/C52H80N2O6S/c1-9-10-13-42(37-17-24-50(25-18-37,46(55)56)35-60-44-14-11-12-32-53-44)47(4,5)38-19-23-48(6)39(34-38)15-16-43-45-41(36(2)3)22-28-52(45,30-29-49(43,48)7)54-33-31-51(57)26-20-40(21-27-51)61(8,58)59/h11-14,17,32,38-41,43,45,54,57H,2,9-10,15-16,18-31,33-35H2,1,3-8H3,(H,55,56)/b42-13-/t38-,39-,40-,41+,43-,45-,48-,49-,50?,51+,52+/m1/s1. The molecule has 3 N–H and O–H groups in total. The zero-order valence-corrected chi connectivity index (χ0v) is 39.7. The maximum absolute atomic E-state index is 12.8. The molecule has 0 radical (unpaired) electrons. The van der Waals surface area contributed by atoms with Gasteiger partial charge in [0.2, 0.25) is 5.88 Å². The maximum Gasteiger partial charge on any atom is 0.313 e. The molecule has 0 aromatic carbocycles. The summed E-state index contributed by atoms with van der Waals surface area (Å²) in [7, 11) is -3.07. The van der Waals surface area contributed by atoms with E-state index in [1.54, 1.807) is 12.3 Å². The first kappa shape index (κ1) is 46.5. The first-order valence-electron chi connectivity index (χ1n) is 24.2. The summed E-state index contributed by atoms with van der Waals surface area (Å²) in [5.41, 5.74) is 2.92. The van der Waals surface area contributed by atoms with Crippen LogP contribution in [0.15, 0.2) is 59.8 Å². The van der Waals surface area contributed by atoms with E-state index >= 15 is 0 Å². The molecule has 1 heterocycles. The van der Waals surface area contributed by atoms with Gasteiger partial charge in [-0.2, -0.15) is 0 Å². The Morgan fingerprint density at radius 3 is 2.39 bits per heavy atom. The van der Waals surface area contributed by atoms with Gasteiger partial charge in [-0.3, -0.25) is 4.79 Å². The number of carbonyl (C=O) groups is 1. The fraction of sp³-hybridized carbons (Fsp3) is 0.769. The molecule has 1 aromatic heterocycles. The van der Waals surface area contributed by atoms with Crippen molar-refractivity contribution in [2.24, 2.45) is 51.2 Å². The molecule has 0 bridgehead atoms. The van der Waals surface area contributed by atoms with Crippen LogP contribution in [0.4, 0.5) is 0 Å². The Bertz CT molecular complexity index is 1930. The van der Waals surface area contributed by atoms with Crippen LogP contribution in [-0.4, -0.2) is 65.4 Å². The molecule has 0 saturated heterocycles. The predicted molar refractivity (Wildman–Crippen MR) is 246 cm³/mol. The lowest BCUT2D eigenvalue weighted by molar-refractivity contribution is -0.176. The van der Waals surface area contributed by atoms with Crippen LogP contribution < -0.4 is 10.1 Å². The van der Waals surface area contributed by atoms with E-state index in [1.165, 1.54) is 80.8 Å². The summed E-state index contributed by atoms with van der Waals surface area (Å²) in [6.07, 6.45) is 25.6. The fourth-order valence-electron chi connectivity index (χ4n) is 14.7. The van der Waals surface area contributed by atoms with Crippen molar-refractivity contribution in [3.8, 4) is 5.88 Å². The third-order valence-corrected chi connectivity index (χ3v) is 20.7. The Kier molecular flexibility index (Phi) is 13.3. The van der Waals surface area contributed by atoms with Crippen LogP contribution in [0.3, 0.4) is 0 Å². The molecule has 8 nitrogen and oxygen atoms in total. The number of nitrogens with one attached hydrogen (secondary N) is 1. The minimum atomic E-state index is -3.07. The van der Waals surface area contributed by atoms with Gasteiger partial charge in [0.05, 0.1) is 10.9 Å². The largest absolute Gasteiger partial charge is 0.481 e. The lowest BCUT2D eigenvalue weighted by Crippen LogP contribution is -2.65. The molecular weight excluding hydrogens is 781 g/mol. The Hall–Kier alpha value is -2.49. The molecule has 340 valence electrons. The number of carboxylic acids is 1. The van der Waals surface area contributed by atoms with E-state index in [0.717, 1.165) is 25.8 Å². The van der Waals surface area contributed by atoms with E-state index in [0.29, 0.717) is 80.4 Å². The van der Waals surface area contributed by atoms with Crippen molar-refractivity contribution in [1.29, 1.82) is 0 Å². The highest BCUT2D eigenvalue weighted by molar-refractivity contribution is 7.91. The highest BCUT2D eigenvalue weighted by Crippen LogP contribution is 2.72. The Balaban J connectivity index is 1.05. The van der Waals surface area contributed by atoms with Gasteiger partial charge in [-0.05, 0) is 192 Å². The predicted octanol–water partition coefficient (Wildman–Crippen LogP) is 11.1. The lowest BCUT2D eigenvalue weighted by atomic mass is 9.38. The van der Waals surface area contributed by atoms with Gasteiger partial charge in [0, 0.05) is 24.1 Å². The molecule has 6 aliphatic rings. The normalized spacial score (nSPS) is 39.3. The summed E-state index contributed by atoms with van der Waals surface area (Å²) in [5.74, 6) is 2.59. The van der Waals surface area contributed by atoms with Crippen LogP contribution in [0, 0.1) is 51.2 Å². The zero-order valence-electron chi connectivity index (χ0n) is 38.9. The van der Waals surface area contributed by atoms with Crippen LogP contribution in [0.25, 0.3) is 0 Å². The zero-order chi connectivity index (χ0) is 44.1. The molecule has 0 amide bonds. The molecular formula is C52H80N2O6S. The summed E-state index contributed by atoms with van der Waals surface area (Å²) in [6, 6.07) is 5.49. The number of hydrogen-bond donors (Lipinski definition) is 3. The van der Waals surface area contributed by atoms with Crippen molar-refractivity contribution in [3.63, 3.8) is 0 Å². The quantitative estimate of drug-likeness (QED) is 0.149. The van der Waals surface area contributed by atoms with Gasteiger partial charge < -0.3 is 20.3 Å². The van der Waals surface area contributed by atoms with Gasteiger partial charge in [0.25, 0.3) is 0 Å². The summed E-state index contributed by atoms with van der Waals surface area (Å²) in [5, 5.41) is 25.9. The van der Waals surface area contributed by atoms with Gasteiger partial charge in [0.1, 0.15) is 21.9 Å². The number of fused-ring (bicyclic) bond motifs is 5. The van der Waals surface area contributed by atoms with Crippen molar-refractivity contribution in [1.82, 2.24) is 10.3 Å². The number of pyridine rings is 1. The molecule has 5 fully saturated rings. The van der Waals surface area contributed by atoms with Crippen LogP contribution >= 0.6 is 0 Å². The number of aliphatic hydroxyl groups is 1. The van der Waals surface area contributed by atoms with Crippen molar-refractivity contribution in [3.05, 3.63) is 59.8 Å². The molecule has 0 spiro atoms. The Labute approximate surface area is 369 Å². The number of unbranched alkanes of at least 4 members (excludes halogenated alkanes) is 1. The second-order valence-corrected chi connectivity index (χ2v) is 24.7. The second-order valence-electron chi connectivity index (χ2n) is 22.4. The molecule has 5 saturated carbocycles. The first-order chi connectivity index (χ1) is 28.7. The van der Waals surface area contributed by atoms with Gasteiger partial charge in [-0.1, -0.05) is 71.4 Å². The van der Waals surface area contributed by atoms with E-state index in [1.807, 2.05) is 12.1 Å². The highest BCUT2D eigenvalue weighted by Gasteiger charge is 2.67. The molecule has 0 aliphatic heterocycles. The summed E-state index contributed by atoms with van der Waals surface area (Å²) >= 11 is 0. The molecule has 1 unspecified atom stereocenters. The third-order valence-electron chi connectivity index (χ3n) is 19.0. The van der Waals surface area contributed by atoms with E-state index in [-0.39, 0.29) is 33.6 Å². The van der Waals surface area contributed by atoms with E-state index < -0.39 is 26.8 Å². The average molecular weight is 861 g/mol. The highest BCUT2D eigenvalue weighted by atomic mass is 32.2. The number of hydrogen-bond acceptors (Lipinski definition) is 7. The first-order valence-corrected chi connectivity index (χ1v) is 26.2. The van der Waals surface area contributed by atoms with Crippen molar-refractivity contribution >= 4 is 15.8 Å². The fourth-order valence-corrected chi connectivity index (χ4v) is 15.8. The number of allylic oxidation sites excluding steroid dienone is 5. The van der Waals surface area contributed by atoms with Gasteiger partial charge in [-0.25, -0.2) is 13.4 Å². The number of sulfone groups is 1. The SMILES string of the molecule is C=C(C)[C@@H]1CC[C@]2(NCC[C@]3(O)CC[C@@H](S(C)(=O)=O)CC3)CC[C@]3(C)[C@H](CC[C@@H]4C[C@H](C(C)(C)/C(=C\CCC)C5=CCC(COc6ccccn6)(C(=O)O)CC5)CC[C@]43C)[C@@H]12. The number of nitrogens with zero attached hydrogens (tertiary/aromatic N) is 1. The van der Waals surface area contributed by atoms with Crippen molar-refractivity contribution in [2.75, 3.05) is 19.4 Å². The maximum atomic E-state index is 12.8. The van der Waals surface area contributed by atoms with E-state index in [9.17, 15) is 23.4 Å². The molecule has 9 atom stereocenters. The summed E-state index contributed by atoms with van der Waals surface area (Å²) < 4.78 is 30.4. The topological polar surface area (TPSA) is 126 Å². The number of rotatable bonds is 15. The summed E-state index contributed by atoms with van der Waals surface area (Å²) in [6.45, 7) is 20.3. The van der Waals surface area contributed by atoms with Gasteiger partial charge in [0.15, 0.2) is 0 Å². The van der Waals surface area contributed by atoms with Crippen molar-refractivity contribution in [2.45, 2.75) is 180 Å². The van der Waals surface area contributed by atoms with Gasteiger partial charge in [-0.15, -0.1) is 0 Å². The molecule has 6 aliphatic carbocycles. The van der Waals surface area contributed by atoms with Crippen LogP contribution in [0.2, 0.25) is 0 Å². The Morgan fingerprint density at radius 1 is 1.02 bits per heavy atom. The number of carboxylic acid groups (broad SMARTS) is 1. The van der Waals surface area contributed by atoms with Crippen LogP contribution in [-0.2, 0) is 14.6 Å². The molecule has 1 aromatic rings. The number of aromatic nitrogens is 1. The van der Waals surface area contributed by atoms with Gasteiger partial charge >= 0.3 is 5.97 Å². The monoisotopic (exact) mass is 861 g/mol. The lowest BCUT2D eigenvalue weighted by Gasteiger charge is -2.68. The van der Waals surface area contributed by atoms with Crippen molar-refractivity contribution < 1.29 is 28.2 Å². The minimum Gasteiger partial charge on any atom is -0.481 e. The number of ether oxygens (including phenoxy) is 1. The van der Waals surface area contributed by atoms with Crippen LogP contribution in [0.1, 0.15) is 164 Å². The van der Waals surface area contributed by atoms with E-state index in [2.05, 4.69) is 70.6 Å². The molecule has 9 heteroatoms. The second kappa shape index (κ2) is 17.5. The molecule has 7 rings (SSSR count). The van der Waals surface area contributed by atoms with Crippen LogP contribution in [0.5, 0.6) is 5.88 Å². The average Bonchev–Trinajstić information content (AvgIpc) is 3.60. The smallest absolute Gasteiger partial charge is 0.313 e. The Morgan fingerprint density at radius 2 is 1.77 bits per heavy atom. The number of aliphatic carboxylic acids is 1. The van der Waals surface area contributed by atoms with E-state index in [4.69, 9.17) is 4.74 Å². The summed E-state index contributed by atoms with van der Waals surface area (Å²) in [4.78, 5) is 17.1. The molecule has 61 heavy (non-hydrogen) atoms. The minimum absolute atomic E-state index is 0.0238.